The molecule has 1 spiro atoms. The zero-order valence-corrected chi connectivity index (χ0v) is 17.5. The Bertz CT molecular complexity index is 346. The summed E-state index contributed by atoms with van der Waals surface area (Å²) in [6, 6.07) is 0.821. The van der Waals surface area contributed by atoms with Crippen molar-refractivity contribution >= 4 is 24.8 Å². The topological polar surface area (TPSA) is 24.1 Å². The summed E-state index contributed by atoms with van der Waals surface area (Å²) in [7, 11) is 0. The van der Waals surface area contributed by atoms with Crippen LogP contribution in [-0.4, -0.2) is 25.7 Å². The van der Waals surface area contributed by atoms with Crippen molar-refractivity contribution in [2.24, 2.45) is 16.7 Å². The quantitative estimate of drug-likeness (QED) is 0.674. The number of halogens is 2. The average Bonchev–Trinajstić information content (AvgIpc) is 2.92. The van der Waals surface area contributed by atoms with Gasteiger partial charge in [0.1, 0.15) is 0 Å². The Kier molecular flexibility index (Phi) is 9.39. The van der Waals surface area contributed by atoms with Crippen molar-refractivity contribution in [1.82, 2.24) is 10.6 Å². The Labute approximate surface area is 162 Å². The molecule has 3 fully saturated rings. The zero-order valence-electron chi connectivity index (χ0n) is 15.9. The predicted molar refractivity (Wildman–Crippen MR) is 110 cm³/mol. The van der Waals surface area contributed by atoms with E-state index in [-0.39, 0.29) is 24.8 Å². The minimum absolute atomic E-state index is 0. The second-order valence-corrected chi connectivity index (χ2v) is 8.81. The molecule has 2 unspecified atom stereocenters. The monoisotopic (exact) mass is 378 g/mol. The largest absolute Gasteiger partial charge is 0.317 e. The zero-order chi connectivity index (χ0) is 15.5. The van der Waals surface area contributed by atoms with Crippen LogP contribution in [0.2, 0.25) is 0 Å². The van der Waals surface area contributed by atoms with E-state index in [4.69, 9.17) is 0 Å². The van der Waals surface area contributed by atoms with Crippen molar-refractivity contribution in [2.75, 3.05) is 19.6 Å². The first-order chi connectivity index (χ1) is 10.7. The van der Waals surface area contributed by atoms with Crippen LogP contribution >= 0.6 is 24.8 Å². The standard InChI is InChI=1S/C20H38N2.2ClH/c1-3-8-19(9-4-2)10-5-11-20(15-19)14-18(22-16-20)17-6-12-21-13-7-17;;/h17-18,21-22H,3-16H2,1-2H3;2*1H. The molecule has 1 aliphatic carbocycles. The molecule has 0 bridgehead atoms. The van der Waals surface area contributed by atoms with E-state index in [1.54, 1.807) is 0 Å². The van der Waals surface area contributed by atoms with Gasteiger partial charge in [-0.3, -0.25) is 0 Å². The van der Waals surface area contributed by atoms with Crippen LogP contribution in [0.15, 0.2) is 0 Å². The Morgan fingerprint density at radius 3 is 2.25 bits per heavy atom. The highest BCUT2D eigenvalue weighted by Gasteiger charge is 2.48. The van der Waals surface area contributed by atoms with Gasteiger partial charge in [-0.15, -0.1) is 24.8 Å². The molecular weight excluding hydrogens is 339 g/mol. The van der Waals surface area contributed by atoms with Crippen LogP contribution in [-0.2, 0) is 0 Å². The predicted octanol–water partition coefficient (Wildman–Crippen LogP) is 5.34. The van der Waals surface area contributed by atoms with Crippen LogP contribution in [0.3, 0.4) is 0 Å². The van der Waals surface area contributed by atoms with E-state index in [1.807, 2.05) is 0 Å². The number of rotatable bonds is 5. The molecule has 144 valence electrons. The third-order valence-corrected chi connectivity index (χ3v) is 7.07. The highest BCUT2D eigenvalue weighted by molar-refractivity contribution is 5.85. The maximum Gasteiger partial charge on any atom is 0.0102 e. The molecule has 2 nitrogen and oxygen atoms in total. The Morgan fingerprint density at radius 2 is 1.62 bits per heavy atom. The Balaban J connectivity index is 0.00000144. The van der Waals surface area contributed by atoms with Crippen LogP contribution in [0.1, 0.15) is 84.5 Å². The van der Waals surface area contributed by atoms with E-state index in [2.05, 4.69) is 24.5 Å². The van der Waals surface area contributed by atoms with E-state index in [0.29, 0.717) is 10.8 Å². The average molecular weight is 379 g/mol. The Morgan fingerprint density at radius 1 is 0.958 bits per heavy atom. The van der Waals surface area contributed by atoms with Crippen LogP contribution < -0.4 is 10.6 Å². The highest BCUT2D eigenvalue weighted by atomic mass is 35.5. The molecule has 0 aromatic carbocycles. The molecule has 24 heavy (non-hydrogen) atoms. The fraction of sp³-hybridized carbons (Fsp3) is 1.00. The summed E-state index contributed by atoms with van der Waals surface area (Å²) in [5.74, 6) is 0.939. The summed E-state index contributed by atoms with van der Waals surface area (Å²) in [5, 5.41) is 7.51. The molecule has 2 atom stereocenters. The summed E-state index contributed by atoms with van der Waals surface area (Å²) in [4.78, 5) is 0. The van der Waals surface area contributed by atoms with Gasteiger partial charge in [0.15, 0.2) is 0 Å². The van der Waals surface area contributed by atoms with E-state index in [0.717, 1.165) is 12.0 Å². The van der Waals surface area contributed by atoms with Crippen molar-refractivity contribution in [3.8, 4) is 0 Å². The van der Waals surface area contributed by atoms with Crippen molar-refractivity contribution in [1.29, 1.82) is 0 Å². The summed E-state index contributed by atoms with van der Waals surface area (Å²) in [5.41, 5.74) is 1.34. The maximum atomic E-state index is 3.98. The third-order valence-electron chi connectivity index (χ3n) is 7.07. The Hall–Kier alpha value is 0.500. The summed E-state index contributed by atoms with van der Waals surface area (Å²) < 4.78 is 0. The lowest BCUT2D eigenvalue weighted by Gasteiger charge is -2.47. The van der Waals surface area contributed by atoms with Crippen LogP contribution in [0.5, 0.6) is 0 Å². The van der Waals surface area contributed by atoms with E-state index in [9.17, 15) is 0 Å². The van der Waals surface area contributed by atoms with Gasteiger partial charge in [0, 0.05) is 12.6 Å². The first-order valence-electron chi connectivity index (χ1n) is 10.2. The van der Waals surface area contributed by atoms with Crippen LogP contribution in [0, 0.1) is 16.7 Å². The molecule has 0 aromatic heterocycles. The van der Waals surface area contributed by atoms with Crippen molar-refractivity contribution < 1.29 is 0 Å². The molecule has 3 aliphatic rings. The minimum atomic E-state index is 0. The number of piperidine rings is 1. The maximum absolute atomic E-state index is 3.98. The molecule has 3 rings (SSSR count). The van der Waals surface area contributed by atoms with Gasteiger partial charge >= 0.3 is 0 Å². The normalized spacial score (nSPS) is 33.0. The van der Waals surface area contributed by atoms with E-state index in [1.165, 1.54) is 90.3 Å². The van der Waals surface area contributed by atoms with Gasteiger partial charge in [-0.05, 0) is 81.2 Å². The molecule has 2 N–H and O–H groups in total. The molecule has 1 saturated carbocycles. The van der Waals surface area contributed by atoms with Gasteiger partial charge in [-0.25, -0.2) is 0 Å². The lowest BCUT2D eigenvalue weighted by molar-refractivity contribution is 0.0499. The fourth-order valence-corrected chi connectivity index (χ4v) is 6.29. The van der Waals surface area contributed by atoms with Gasteiger partial charge in [0.2, 0.25) is 0 Å². The first-order valence-corrected chi connectivity index (χ1v) is 10.2. The second-order valence-electron chi connectivity index (χ2n) is 8.81. The second kappa shape index (κ2) is 10.00. The number of hydrogen-bond donors (Lipinski definition) is 2. The fourth-order valence-electron chi connectivity index (χ4n) is 6.29. The summed E-state index contributed by atoms with van der Waals surface area (Å²) >= 11 is 0. The molecular formula is C20H40Cl2N2. The van der Waals surface area contributed by atoms with Gasteiger partial charge in [-0.2, -0.15) is 0 Å². The highest BCUT2D eigenvalue weighted by Crippen LogP contribution is 2.55. The minimum Gasteiger partial charge on any atom is -0.317 e. The molecule has 2 heterocycles. The van der Waals surface area contributed by atoms with Crippen molar-refractivity contribution in [3.63, 3.8) is 0 Å². The van der Waals surface area contributed by atoms with Gasteiger partial charge < -0.3 is 10.6 Å². The molecule has 2 saturated heterocycles. The number of hydrogen-bond acceptors (Lipinski definition) is 2. The molecule has 0 radical (unpaired) electrons. The van der Waals surface area contributed by atoms with Gasteiger partial charge in [-0.1, -0.05) is 33.1 Å². The van der Waals surface area contributed by atoms with Crippen molar-refractivity contribution in [3.05, 3.63) is 0 Å². The molecule has 4 heteroatoms. The van der Waals surface area contributed by atoms with E-state index < -0.39 is 0 Å². The third kappa shape index (κ3) is 5.02. The van der Waals surface area contributed by atoms with Crippen LogP contribution in [0.4, 0.5) is 0 Å². The number of nitrogens with one attached hydrogen (secondary N) is 2. The van der Waals surface area contributed by atoms with Gasteiger partial charge in [0.05, 0.1) is 0 Å². The summed E-state index contributed by atoms with van der Waals surface area (Å²) in [6.07, 6.45) is 16.0. The smallest absolute Gasteiger partial charge is 0.0102 e. The van der Waals surface area contributed by atoms with Crippen LogP contribution in [0.25, 0.3) is 0 Å². The van der Waals surface area contributed by atoms with Crippen molar-refractivity contribution in [2.45, 2.75) is 90.5 Å². The lowest BCUT2D eigenvalue weighted by Crippen LogP contribution is -2.38. The molecule has 0 aromatic rings. The molecule has 0 amide bonds. The lowest BCUT2D eigenvalue weighted by atomic mass is 9.58. The first kappa shape index (κ1) is 22.5. The van der Waals surface area contributed by atoms with Gasteiger partial charge in [0.25, 0.3) is 0 Å². The van der Waals surface area contributed by atoms with E-state index >= 15 is 0 Å². The SMILES string of the molecule is CCCC1(CCC)CCCC2(CNC(C3CCNCC3)C2)C1.Cl.Cl. The molecule has 2 aliphatic heterocycles. The summed E-state index contributed by atoms with van der Waals surface area (Å²) in [6.45, 7) is 8.58.